The number of carbonyl (C=O) groups is 1. The highest BCUT2D eigenvalue weighted by molar-refractivity contribution is 6.99. The lowest BCUT2D eigenvalue weighted by Crippen LogP contribution is -2.66. The summed E-state index contributed by atoms with van der Waals surface area (Å²) in [6, 6.07) is 21.6. The van der Waals surface area contributed by atoms with Gasteiger partial charge in [0.1, 0.15) is 12.9 Å². The van der Waals surface area contributed by atoms with E-state index in [1.54, 1.807) is 12.4 Å². The Labute approximate surface area is 240 Å². The summed E-state index contributed by atoms with van der Waals surface area (Å²) in [7, 11) is -2.55. The van der Waals surface area contributed by atoms with Crippen molar-refractivity contribution in [1.82, 2.24) is 9.55 Å². The van der Waals surface area contributed by atoms with Crippen LogP contribution >= 0.6 is 0 Å². The Morgan fingerprint density at radius 2 is 1.75 bits per heavy atom. The zero-order valence-corrected chi connectivity index (χ0v) is 25.6. The van der Waals surface area contributed by atoms with Crippen LogP contribution in [0.4, 0.5) is 4.79 Å². The standard InChI is InChI=1S/C33H44N2O4Si/c1-25(23-37-32(36)35-19-18-34-24-35)21-28-22-27(3)31(39-28)26(2)17-20-38-40(33(4,5)6,29-13-9-7-10-14-29)30-15-11-8-12-16-30/h7-16,18-19,24,26-28,31H,1,17,20-23H2,2-6H3/t26-,27+,28+,31+/m1/s1. The van der Waals surface area contributed by atoms with Crippen LogP contribution < -0.4 is 10.4 Å². The van der Waals surface area contributed by atoms with Crippen molar-refractivity contribution in [2.45, 2.75) is 71.1 Å². The van der Waals surface area contributed by atoms with Crippen LogP contribution in [-0.2, 0) is 13.9 Å². The topological polar surface area (TPSA) is 62.6 Å². The van der Waals surface area contributed by atoms with E-state index in [9.17, 15) is 4.79 Å². The number of rotatable bonds is 11. The van der Waals surface area contributed by atoms with Gasteiger partial charge in [-0.05, 0) is 52.1 Å². The van der Waals surface area contributed by atoms with Crippen LogP contribution in [0.2, 0.25) is 5.04 Å². The number of carbonyl (C=O) groups excluding carboxylic acids is 1. The van der Waals surface area contributed by atoms with Crippen molar-refractivity contribution in [2.75, 3.05) is 13.2 Å². The molecule has 0 amide bonds. The number of nitrogens with zero attached hydrogens (tertiary/aromatic N) is 2. The molecule has 0 bridgehead atoms. The van der Waals surface area contributed by atoms with Gasteiger partial charge in [-0.2, -0.15) is 0 Å². The van der Waals surface area contributed by atoms with Gasteiger partial charge in [0.25, 0.3) is 8.32 Å². The smallest absolute Gasteiger partial charge is 0.419 e. The van der Waals surface area contributed by atoms with E-state index >= 15 is 0 Å². The molecule has 1 fully saturated rings. The van der Waals surface area contributed by atoms with Gasteiger partial charge in [0.2, 0.25) is 0 Å². The van der Waals surface area contributed by atoms with Crippen molar-refractivity contribution in [1.29, 1.82) is 0 Å². The number of hydrogen-bond donors (Lipinski definition) is 0. The normalized spacial score (nSPS) is 20.3. The maximum absolute atomic E-state index is 12.1. The lowest BCUT2D eigenvalue weighted by molar-refractivity contribution is -0.00148. The predicted molar refractivity (Wildman–Crippen MR) is 163 cm³/mol. The molecule has 1 aliphatic heterocycles. The van der Waals surface area contributed by atoms with Gasteiger partial charge in [0.05, 0.1) is 12.2 Å². The van der Waals surface area contributed by atoms with Crippen molar-refractivity contribution in [3.05, 3.63) is 91.5 Å². The zero-order valence-electron chi connectivity index (χ0n) is 24.6. The van der Waals surface area contributed by atoms with E-state index in [0.29, 0.717) is 24.9 Å². The summed E-state index contributed by atoms with van der Waals surface area (Å²) in [5, 5.41) is 2.57. The molecule has 6 nitrogen and oxygen atoms in total. The van der Waals surface area contributed by atoms with E-state index in [1.807, 2.05) is 0 Å². The summed E-state index contributed by atoms with van der Waals surface area (Å²) >= 11 is 0. The Morgan fingerprint density at radius 3 is 2.30 bits per heavy atom. The zero-order chi connectivity index (χ0) is 28.8. The molecule has 3 aromatic rings. The fraction of sp³-hybridized carbons (Fsp3) is 0.455. The maximum Gasteiger partial charge on any atom is 0.419 e. The molecule has 2 heterocycles. The summed E-state index contributed by atoms with van der Waals surface area (Å²) in [5.74, 6) is 0.791. The highest BCUT2D eigenvalue weighted by Crippen LogP contribution is 2.38. The first kappa shape index (κ1) is 30.0. The van der Waals surface area contributed by atoms with E-state index in [2.05, 4.69) is 107 Å². The van der Waals surface area contributed by atoms with Crippen LogP contribution in [0, 0.1) is 11.8 Å². The molecular weight excluding hydrogens is 516 g/mol. The number of benzene rings is 2. The van der Waals surface area contributed by atoms with E-state index in [0.717, 1.165) is 18.4 Å². The Kier molecular flexibility index (Phi) is 9.82. The Bertz CT molecular complexity index is 1180. The number of imidazole rings is 1. The van der Waals surface area contributed by atoms with Crippen LogP contribution in [0.15, 0.2) is 91.5 Å². The molecule has 4 rings (SSSR count). The summed E-state index contributed by atoms with van der Waals surface area (Å²) in [6.07, 6.45) is 6.91. The van der Waals surface area contributed by atoms with E-state index in [4.69, 9.17) is 13.9 Å². The fourth-order valence-corrected chi connectivity index (χ4v) is 10.7. The van der Waals surface area contributed by atoms with Gasteiger partial charge in [0.15, 0.2) is 0 Å². The van der Waals surface area contributed by atoms with Gasteiger partial charge in [0, 0.05) is 19.0 Å². The van der Waals surface area contributed by atoms with Gasteiger partial charge >= 0.3 is 6.09 Å². The van der Waals surface area contributed by atoms with Crippen LogP contribution in [0.5, 0.6) is 0 Å². The average molecular weight is 561 g/mol. The van der Waals surface area contributed by atoms with Crippen molar-refractivity contribution < 1.29 is 18.7 Å². The summed E-state index contributed by atoms with van der Waals surface area (Å²) in [4.78, 5) is 16.0. The molecule has 0 spiro atoms. The van der Waals surface area contributed by atoms with E-state index in [1.165, 1.54) is 21.3 Å². The highest BCUT2D eigenvalue weighted by Gasteiger charge is 2.50. The Morgan fingerprint density at radius 1 is 1.12 bits per heavy atom. The molecule has 1 aliphatic rings. The van der Waals surface area contributed by atoms with Gasteiger partial charge in [-0.3, -0.25) is 0 Å². The molecule has 214 valence electrons. The van der Waals surface area contributed by atoms with Gasteiger partial charge in [-0.1, -0.05) is 102 Å². The third kappa shape index (κ3) is 6.82. The first-order chi connectivity index (χ1) is 19.1. The van der Waals surface area contributed by atoms with Crippen LogP contribution in [0.25, 0.3) is 0 Å². The molecule has 0 aliphatic carbocycles. The third-order valence-electron chi connectivity index (χ3n) is 8.05. The molecule has 4 atom stereocenters. The SMILES string of the molecule is C=C(COC(=O)n1ccnc1)C[C@H]1C[C@H](C)[C@H]([C@H](C)CCO[Si](c2ccccc2)(c2ccccc2)C(C)(C)C)O1. The average Bonchev–Trinajstić information content (AvgIpc) is 3.60. The molecule has 0 saturated carbocycles. The van der Waals surface area contributed by atoms with Crippen LogP contribution in [-0.4, -0.2) is 49.4 Å². The second kappa shape index (κ2) is 13.1. The van der Waals surface area contributed by atoms with Crippen molar-refractivity contribution >= 4 is 24.8 Å². The van der Waals surface area contributed by atoms with Gasteiger partial charge in [-0.25, -0.2) is 14.3 Å². The second-order valence-electron chi connectivity index (χ2n) is 12.2. The van der Waals surface area contributed by atoms with Gasteiger partial charge in [-0.15, -0.1) is 0 Å². The largest absolute Gasteiger partial charge is 0.444 e. The number of hydrogen-bond acceptors (Lipinski definition) is 5. The van der Waals surface area contributed by atoms with E-state index in [-0.39, 0.29) is 23.9 Å². The Balaban J connectivity index is 1.35. The summed E-state index contributed by atoms with van der Waals surface area (Å²) < 4.78 is 20.3. The molecule has 1 saturated heterocycles. The minimum Gasteiger partial charge on any atom is -0.444 e. The molecule has 40 heavy (non-hydrogen) atoms. The third-order valence-corrected chi connectivity index (χ3v) is 13.1. The molecule has 0 N–H and O–H groups in total. The summed E-state index contributed by atoms with van der Waals surface area (Å²) in [5.41, 5.74) is 0.856. The lowest BCUT2D eigenvalue weighted by atomic mass is 9.90. The maximum atomic E-state index is 12.1. The van der Waals surface area contributed by atoms with Gasteiger partial charge < -0.3 is 13.9 Å². The molecule has 1 aromatic heterocycles. The second-order valence-corrected chi connectivity index (χ2v) is 16.5. The molecule has 0 unspecified atom stereocenters. The van der Waals surface area contributed by atoms with Crippen molar-refractivity contribution in [2.24, 2.45) is 11.8 Å². The van der Waals surface area contributed by atoms with Crippen molar-refractivity contribution in [3.63, 3.8) is 0 Å². The van der Waals surface area contributed by atoms with Crippen LogP contribution in [0.3, 0.4) is 0 Å². The molecule has 2 aromatic carbocycles. The lowest BCUT2D eigenvalue weighted by Gasteiger charge is -2.43. The number of aromatic nitrogens is 2. The van der Waals surface area contributed by atoms with Crippen LogP contribution in [0.1, 0.15) is 53.9 Å². The quantitative estimate of drug-likeness (QED) is 0.206. The van der Waals surface area contributed by atoms with E-state index < -0.39 is 14.4 Å². The highest BCUT2D eigenvalue weighted by atomic mass is 28.4. The molecular formula is C33H44N2O4Si. The first-order valence-corrected chi connectivity index (χ1v) is 16.2. The summed E-state index contributed by atoms with van der Waals surface area (Å²) in [6.45, 7) is 16.5. The molecule has 0 radical (unpaired) electrons. The first-order valence-electron chi connectivity index (χ1n) is 14.3. The monoisotopic (exact) mass is 560 g/mol. The Hall–Kier alpha value is -3.00. The number of ether oxygens (including phenoxy) is 2. The minimum absolute atomic E-state index is 0.0388. The fourth-order valence-electron chi connectivity index (χ4n) is 6.10. The van der Waals surface area contributed by atoms with Crippen molar-refractivity contribution in [3.8, 4) is 0 Å². The predicted octanol–water partition coefficient (Wildman–Crippen LogP) is 6.21. The minimum atomic E-state index is -2.55. The molecule has 7 heteroatoms.